The largest absolute Gasteiger partial charge is 0.371 e. The van der Waals surface area contributed by atoms with Crippen LogP contribution in [0.3, 0.4) is 0 Å². The number of likely N-dealkylation sites (tertiary alicyclic amines) is 1. The van der Waals surface area contributed by atoms with Gasteiger partial charge in [0.05, 0.1) is 0 Å². The normalized spacial score (nSPS) is 18.0. The van der Waals surface area contributed by atoms with Gasteiger partial charge in [0.25, 0.3) is 0 Å². The van der Waals surface area contributed by atoms with E-state index < -0.39 is 0 Å². The zero-order valence-corrected chi connectivity index (χ0v) is 12.2. The van der Waals surface area contributed by atoms with Gasteiger partial charge in [-0.25, -0.2) is 0 Å². The molecule has 1 aliphatic heterocycles. The van der Waals surface area contributed by atoms with Crippen molar-refractivity contribution in [3.05, 3.63) is 29.3 Å². The molecular formula is C16H26N2. The molecule has 0 atom stereocenters. The van der Waals surface area contributed by atoms with E-state index in [1.54, 1.807) is 0 Å². The predicted octanol–water partition coefficient (Wildman–Crippen LogP) is 3.09. The van der Waals surface area contributed by atoms with E-state index >= 15 is 0 Å². The van der Waals surface area contributed by atoms with Crippen molar-refractivity contribution < 1.29 is 0 Å². The van der Waals surface area contributed by atoms with Crippen LogP contribution in [0.5, 0.6) is 0 Å². The van der Waals surface area contributed by atoms with Gasteiger partial charge < -0.3 is 9.80 Å². The monoisotopic (exact) mass is 246 g/mol. The first kappa shape index (κ1) is 13.4. The Morgan fingerprint density at radius 1 is 1.28 bits per heavy atom. The molecule has 0 aromatic heterocycles. The molecule has 100 valence electrons. The van der Waals surface area contributed by atoms with E-state index in [4.69, 9.17) is 0 Å². The second kappa shape index (κ2) is 5.75. The number of hydrogen-bond acceptors (Lipinski definition) is 2. The van der Waals surface area contributed by atoms with Gasteiger partial charge in [-0.05, 0) is 63.5 Å². The molecule has 0 N–H and O–H groups in total. The first-order valence-corrected chi connectivity index (χ1v) is 7.13. The van der Waals surface area contributed by atoms with E-state index in [-0.39, 0.29) is 0 Å². The molecule has 1 aromatic carbocycles. The minimum Gasteiger partial charge on any atom is -0.371 e. The van der Waals surface area contributed by atoms with Crippen molar-refractivity contribution in [2.45, 2.75) is 39.2 Å². The van der Waals surface area contributed by atoms with Gasteiger partial charge in [0.2, 0.25) is 0 Å². The highest BCUT2D eigenvalue weighted by Gasteiger charge is 2.22. The molecule has 0 bridgehead atoms. The third kappa shape index (κ3) is 2.69. The highest BCUT2D eigenvalue weighted by Crippen LogP contribution is 2.27. The van der Waals surface area contributed by atoms with Crippen molar-refractivity contribution in [3.63, 3.8) is 0 Å². The summed E-state index contributed by atoms with van der Waals surface area (Å²) in [5, 5.41) is 0. The summed E-state index contributed by atoms with van der Waals surface area (Å²) in [6.45, 7) is 6.93. The molecule has 1 saturated heterocycles. The standard InChI is InChI=1S/C16H26N2/c1-5-15-13(2)7-6-8-16(15)18(4)14-9-11-17(3)12-10-14/h6-8,14H,5,9-12H2,1-4H3. The Balaban J connectivity index is 2.18. The maximum Gasteiger partial charge on any atom is 0.0401 e. The van der Waals surface area contributed by atoms with Crippen LogP contribution in [-0.2, 0) is 6.42 Å². The fraction of sp³-hybridized carbons (Fsp3) is 0.625. The molecule has 0 spiro atoms. The summed E-state index contributed by atoms with van der Waals surface area (Å²) in [6.07, 6.45) is 3.69. The second-order valence-electron chi connectivity index (χ2n) is 5.57. The Morgan fingerprint density at radius 3 is 2.56 bits per heavy atom. The van der Waals surface area contributed by atoms with Crippen LogP contribution >= 0.6 is 0 Å². The van der Waals surface area contributed by atoms with Gasteiger partial charge in [-0.3, -0.25) is 0 Å². The fourth-order valence-electron chi connectivity index (χ4n) is 3.06. The molecular weight excluding hydrogens is 220 g/mol. The lowest BCUT2D eigenvalue weighted by Crippen LogP contribution is -2.42. The molecule has 1 heterocycles. The summed E-state index contributed by atoms with van der Waals surface area (Å²) in [6, 6.07) is 7.40. The number of aryl methyl sites for hydroxylation is 1. The van der Waals surface area contributed by atoms with Crippen LogP contribution in [0.2, 0.25) is 0 Å². The topological polar surface area (TPSA) is 6.48 Å². The van der Waals surface area contributed by atoms with Crippen LogP contribution in [0, 0.1) is 6.92 Å². The zero-order chi connectivity index (χ0) is 13.1. The quantitative estimate of drug-likeness (QED) is 0.808. The molecule has 1 fully saturated rings. The van der Waals surface area contributed by atoms with Gasteiger partial charge in [0.1, 0.15) is 0 Å². The third-order valence-electron chi connectivity index (χ3n) is 4.35. The number of benzene rings is 1. The van der Waals surface area contributed by atoms with Crippen molar-refractivity contribution in [2.24, 2.45) is 0 Å². The van der Waals surface area contributed by atoms with E-state index in [1.807, 2.05) is 0 Å². The van der Waals surface area contributed by atoms with Crippen LogP contribution in [0.4, 0.5) is 5.69 Å². The minimum atomic E-state index is 0.702. The van der Waals surface area contributed by atoms with E-state index in [2.05, 4.69) is 55.9 Å². The molecule has 0 unspecified atom stereocenters. The van der Waals surface area contributed by atoms with Gasteiger partial charge in [-0.1, -0.05) is 19.1 Å². The lowest BCUT2D eigenvalue weighted by atomic mass is 9.99. The second-order valence-corrected chi connectivity index (χ2v) is 5.57. The van der Waals surface area contributed by atoms with Crippen LogP contribution in [0.15, 0.2) is 18.2 Å². The Bertz CT molecular complexity index is 392. The summed E-state index contributed by atoms with van der Waals surface area (Å²) in [5.74, 6) is 0. The van der Waals surface area contributed by atoms with E-state index in [1.165, 1.54) is 42.7 Å². The first-order chi connectivity index (χ1) is 8.63. The van der Waals surface area contributed by atoms with Crippen LogP contribution < -0.4 is 4.90 Å². The summed E-state index contributed by atoms with van der Waals surface area (Å²) >= 11 is 0. The molecule has 1 aromatic rings. The molecule has 2 rings (SSSR count). The lowest BCUT2D eigenvalue weighted by Gasteiger charge is -2.37. The predicted molar refractivity (Wildman–Crippen MR) is 79.5 cm³/mol. The van der Waals surface area contributed by atoms with Crippen molar-refractivity contribution >= 4 is 5.69 Å². The van der Waals surface area contributed by atoms with Crippen LogP contribution in [-0.4, -0.2) is 38.1 Å². The van der Waals surface area contributed by atoms with Gasteiger partial charge in [-0.2, -0.15) is 0 Å². The molecule has 0 amide bonds. The van der Waals surface area contributed by atoms with Crippen LogP contribution in [0.25, 0.3) is 0 Å². The molecule has 2 heteroatoms. The van der Waals surface area contributed by atoms with Gasteiger partial charge in [0, 0.05) is 18.8 Å². The number of hydrogen-bond donors (Lipinski definition) is 0. The highest BCUT2D eigenvalue weighted by atomic mass is 15.2. The van der Waals surface area contributed by atoms with Crippen molar-refractivity contribution in [2.75, 3.05) is 32.1 Å². The molecule has 0 radical (unpaired) electrons. The highest BCUT2D eigenvalue weighted by molar-refractivity contribution is 5.57. The summed E-state index contributed by atoms with van der Waals surface area (Å²) in [7, 11) is 4.49. The van der Waals surface area contributed by atoms with Crippen molar-refractivity contribution in [1.82, 2.24) is 4.90 Å². The Morgan fingerprint density at radius 2 is 1.94 bits per heavy atom. The number of nitrogens with zero attached hydrogens (tertiary/aromatic N) is 2. The van der Waals surface area contributed by atoms with Gasteiger partial charge >= 0.3 is 0 Å². The Labute approximate surface area is 112 Å². The average Bonchev–Trinajstić information content (AvgIpc) is 2.38. The first-order valence-electron chi connectivity index (χ1n) is 7.13. The smallest absolute Gasteiger partial charge is 0.0401 e. The molecule has 1 aliphatic rings. The van der Waals surface area contributed by atoms with Crippen LogP contribution in [0.1, 0.15) is 30.9 Å². The van der Waals surface area contributed by atoms with Gasteiger partial charge in [-0.15, -0.1) is 0 Å². The SMILES string of the molecule is CCc1c(C)cccc1N(C)C1CCN(C)CC1. The Kier molecular flexibility index (Phi) is 4.28. The maximum atomic E-state index is 2.51. The summed E-state index contributed by atoms with van der Waals surface area (Å²) in [5.41, 5.74) is 4.38. The zero-order valence-electron chi connectivity index (χ0n) is 12.2. The van der Waals surface area contributed by atoms with E-state index in [0.29, 0.717) is 6.04 Å². The molecule has 18 heavy (non-hydrogen) atoms. The van der Waals surface area contributed by atoms with E-state index in [9.17, 15) is 0 Å². The number of piperidine rings is 1. The molecule has 2 nitrogen and oxygen atoms in total. The minimum absolute atomic E-state index is 0.702. The third-order valence-corrected chi connectivity index (χ3v) is 4.35. The Hall–Kier alpha value is -1.02. The molecule has 0 saturated carbocycles. The average molecular weight is 246 g/mol. The molecule has 0 aliphatic carbocycles. The van der Waals surface area contributed by atoms with Crippen molar-refractivity contribution in [3.8, 4) is 0 Å². The lowest BCUT2D eigenvalue weighted by molar-refractivity contribution is 0.253. The number of anilines is 1. The summed E-state index contributed by atoms with van der Waals surface area (Å²) < 4.78 is 0. The van der Waals surface area contributed by atoms with Gasteiger partial charge in [0.15, 0.2) is 0 Å². The van der Waals surface area contributed by atoms with E-state index in [0.717, 1.165) is 6.42 Å². The fourth-order valence-corrected chi connectivity index (χ4v) is 3.06. The maximum absolute atomic E-state index is 2.51. The summed E-state index contributed by atoms with van der Waals surface area (Å²) in [4.78, 5) is 4.94. The number of rotatable bonds is 3. The van der Waals surface area contributed by atoms with Crippen molar-refractivity contribution in [1.29, 1.82) is 0 Å².